The molecule has 0 atom stereocenters. The molecule has 0 aromatic heterocycles. The molecule has 0 saturated carbocycles. The summed E-state index contributed by atoms with van der Waals surface area (Å²) in [7, 11) is 1.75. The summed E-state index contributed by atoms with van der Waals surface area (Å²) in [5.74, 6) is -1.30. The molecule has 4 heteroatoms. The Balaban J connectivity index is 2.27. The highest BCUT2D eigenvalue weighted by molar-refractivity contribution is 6.06. The molecule has 0 bridgehead atoms. The van der Waals surface area contributed by atoms with Gasteiger partial charge < -0.3 is 14.4 Å². The lowest BCUT2D eigenvalue weighted by Gasteiger charge is -2.21. The van der Waals surface area contributed by atoms with E-state index in [-0.39, 0.29) is 5.91 Å². The van der Waals surface area contributed by atoms with Crippen molar-refractivity contribution in [3.05, 3.63) is 29.3 Å². The molecular weight excluding hydrogens is 206 g/mol. The highest BCUT2D eigenvalue weighted by Crippen LogP contribution is 2.46. The number of fused-ring (bicyclic) bond motifs is 2. The molecule has 1 aromatic rings. The fourth-order valence-corrected chi connectivity index (χ4v) is 2.48. The van der Waals surface area contributed by atoms with Crippen molar-refractivity contribution in [2.24, 2.45) is 0 Å². The molecule has 2 aliphatic rings. The fraction of sp³-hybridized carbons (Fsp3) is 0.417. The summed E-state index contributed by atoms with van der Waals surface area (Å²) < 4.78 is 11.2. The number of carbonyl (C=O) groups is 1. The van der Waals surface area contributed by atoms with Crippen LogP contribution < -0.4 is 4.90 Å². The first kappa shape index (κ1) is 9.81. The first-order valence-electron chi connectivity index (χ1n) is 5.33. The number of hydrogen-bond donors (Lipinski definition) is 0. The lowest BCUT2D eigenvalue weighted by Crippen LogP contribution is -2.39. The first-order valence-corrected chi connectivity index (χ1v) is 5.33. The van der Waals surface area contributed by atoms with Crippen LogP contribution in [0.25, 0.3) is 0 Å². The van der Waals surface area contributed by atoms with Crippen LogP contribution in [0.4, 0.5) is 5.69 Å². The van der Waals surface area contributed by atoms with Gasteiger partial charge in [0.2, 0.25) is 0 Å². The van der Waals surface area contributed by atoms with Gasteiger partial charge in [-0.1, -0.05) is 12.1 Å². The summed E-state index contributed by atoms with van der Waals surface area (Å²) in [6.45, 7) is 2.90. The van der Waals surface area contributed by atoms with Crippen LogP contribution in [0.3, 0.4) is 0 Å². The zero-order valence-corrected chi connectivity index (χ0v) is 9.32. The monoisotopic (exact) mass is 219 g/mol. The van der Waals surface area contributed by atoms with Gasteiger partial charge in [0.25, 0.3) is 11.7 Å². The maximum Gasteiger partial charge on any atom is 0.292 e. The number of aryl methyl sites for hydroxylation is 1. The molecule has 1 saturated heterocycles. The van der Waals surface area contributed by atoms with Crippen LogP contribution in [-0.2, 0) is 20.1 Å². The zero-order valence-electron chi connectivity index (χ0n) is 9.32. The highest BCUT2D eigenvalue weighted by atomic mass is 16.7. The molecular formula is C12H13NO3. The topological polar surface area (TPSA) is 38.8 Å². The number of rotatable bonds is 0. The van der Waals surface area contributed by atoms with E-state index in [2.05, 4.69) is 0 Å². The average molecular weight is 219 g/mol. The minimum Gasteiger partial charge on any atom is -0.336 e. The SMILES string of the molecule is Cc1cccc2c1C1(OCCO1)C(=O)N2C. The van der Waals surface area contributed by atoms with Crippen molar-refractivity contribution in [1.82, 2.24) is 0 Å². The molecule has 0 unspecified atom stereocenters. The largest absolute Gasteiger partial charge is 0.336 e. The summed E-state index contributed by atoms with van der Waals surface area (Å²) >= 11 is 0. The van der Waals surface area contributed by atoms with Crippen molar-refractivity contribution in [2.45, 2.75) is 12.7 Å². The Morgan fingerprint density at radius 1 is 1.31 bits per heavy atom. The lowest BCUT2D eigenvalue weighted by molar-refractivity contribution is -0.180. The number of hydrogen-bond acceptors (Lipinski definition) is 3. The molecule has 84 valence electrons. The normalized spacial score (nSPS) is 21.9. The van der Waals surface area contributed by atoms with Crippen LogP contribution >= 0.6 is 0 Å². The number of anilines is 1. The van der Waals surface area contributed by atoms with E-state index in [0.717, 1.165) is 16.8 Å². The molecule has 3 rings (SSSR count). The van der Waals surface area contributed by atoms with Gasteiger partial charge in [0.15, 0.2) is 0 Å². The Morgan fingerprint density at radius 3 is 2.69 bits per heavy atom. The Labute approximate surface area is 93.8 Å². The highest BCUT2D eigenvalue weighted by Gasteiger charge is 2.55. The first-order chi connectivity index (χ1) is 7.67. The Kier molecular flexibility index (Phi) is 1.87. The maximum atomic E-state index is 12.2. The number of nitrogens with zero attached hydrogens (tertiary/aromatic N) is 1. The molecule has 4 nitrogen and oxygen atoms in total. The van der Waals surface area contributed by atoms with E-state index >= 15 is 0 Å². The summed E-state index contributed by atoms with van der Waals surface area (Å²) in [6.07, 6.45) is 0. The number of carbonyl (C=O) groups excluding carboxylic acids is 1. The van der Waals surface area contributed by atoms with Crippen molar-refractivity contribution < 1.29 is 14.3 Å². The molecule has 1 spiro atoms. The van der Waals surface area contributed by atoms with E-state index in [1.54, 1.807) is 11.9 Å². The van der Waals surface area contributed by atoms with Crippen molar-refractivity contribution in [1.29, 1.82) is 0 Å². The van der Waals surface area contributed by atoms with E-state index in [0.29, 0.717) is 13.2 Å². The molecule has 0 N–H and O–H groups in total. The van der Waals surface area contributed by atoms with Gasteiger partial charge in [0.1, 0.15) is 0 Å². The van der Waals surface area contributed by atoms with Crippen LogP contribution in [-0.4, -0.2) is 26.2 Å². The molecule has 0 radical (unpaired) electrons. The summed E-state index contributed by atoms with van der Waals surface area (Å²) in [5, 5.41) is 0. The number of benzene rings is 1. The predicted molar refractivity (Wildman–Crippen MR) is 58.2 cm³/mol. The van der Waals surface area contributed by atoms with Gasteiger partial charge in [-0.05, 0) is 18.6 Å². The second-order valence-electron chi connectivity index (χ2n) is 4.15. The lowest BCUT2D eigenvalue weighted by atomic mass is 10.0. The van der Waals surface area contributed by atoms with Crippen LogP contribution in [0, 0.1) is 6.92 Å². The Morgan fingerprint density at radius 2 is 2.00 bits per heavy atom. The molecule has 1 fully saturated rings. The van der Waals surface area contributed by atoms with Gasteiger partial charge in [-0.3, -0.25) is 4.79 Å². The van der Waals surface area contributed by atoms with E-state index in [1.807, 2.05) is 25.1 Å². The second-order valence-corrected chi connectivity index (χ2v) is 4.15. The molecule has 16 heavy (non-hydrogen) atoms. The molecule has 0 aliphatic carbocycles. The average Bonchev–Trinajstić information content (AvgIpc) is 2.83. The van der Waals surface area contributed by atoms with Crippen LogP contribution in [0.2, 0.25) is 0 Å². The van der Waals surface area contributed by atoms with Gasteiger partial charge in [0, 0.05) is 12.6 Å². The summed E-state index contributed by atoms with van der Waals surface area (Å²) in [6, 6.07) is 5.82. The second kappa shape index (κ2) is 3.06. The fourth-order valence-electron chi connectivity index (χ4n) is 2.48. The summed E-state index contributed by atoms with van der Waals surface area (Å²) in [4.78, 5) is 13.8. The molecule has 1 amide bonds. The van der Waals surface area contributed by atoms with E-state index < -0.39 is 5.79 Å². The van der Waals surface area contributed by atoms with E-state index in [9.17, 15) is 4.79 Å². The standard InChI is InChI=1S/C12H13NO3/c1-8-4-3-5-9-10(8)12(11(14)13(9)2)15-6-7-16-12/h3-5H,6-7H2,1-2H3. The Bertz CT molecular complexity index is 463. The summed E-state index contributed by atoms with van der Waals surface area (Å²) in [5.41, 5.74) is 2.77. The number of ether oxygens (including phenoxy) is 2. The minimum absolute atomic E-state index is 0.130. The Hall–Kier alpha value is -1.39. The third-order valence-electron chi connectivity index (χ3n) is 3.22. The van der Waals surface area contributed by atoms with Crippen LogP contribution in [0.15, 0.2) is 18.2 Å². The van der Waals surface area contributed by atoms with E-state index in [4.69, 9.17) is 9.47 Å². The van der Waals surface area contributed by atoms with Gasteiger partial charge in [-0.15, -0.1) is 0 Å². The van der Waals surface area contributed by atoms with Crippen LogP contribution in [0.5, 0.6) is 0 Å². The van der Waals surface area contributed by atoms with Crippen molar-refractivity contribution in [3.63, 3.8) is 0 Å². The molecule has 1 aromatic carbocycles. The number of amides is 1. The minimum atomic E-state index is -1.17. The quantitative estimate of drug-likeness (QED) is 0.657. The van der Waals surface area contributed by atoms with E-state index in [1.165, 1.54) is 0 Å². The third kappa shape index (κ3) is 0.982. The van der Waals surface area contributed by atoms with Crippen molar-refractivity contribution in [2.75, 3.05) is 25.2 Å². The van der Waals surface area contributed by atoms with Crippen LogP contribution in [0.1, 0.15) is 11.1 Å². The molecule has 2 aliphatic heterocycles. The zero-order chi connectivity index (χ0) is 11.3. The maximum absolute atomic E-state index is 12.2. The van der Waals surface area contributed by atoms with Gasteiger partial charge >= 0.3 is 0 Å². The third-order valence-corrected chi connectivity index (χ3v) is 3.22. The smallest absolute Gasteiger partial charge is 0.292 e. The predicted octanol–water partition coefficient (Wildman–Crippen LogP) is 1.17. The van der Waals surface area contributed by atoms with Crippen molar-refractivity contribution >= 4 is 11.6 Å². The van der Waals surface area contributed by atoms with Gasteiger partial charge in [0.05, 0.1) is 18.9 Å². The van der Waals surface area contributed by atoms with Gasteiger partial charge in [-0.2, -0.15) is 0 Å². The molecule has 2 heterocycles. The van der Waals surface area contributed by atoms with Gasteiger partial charge in [-0.25, -0.2) is 0 Å². The number of likely N-dealkylation sites (N-methyl/N-ethyl adjacent to an activating group) is 1. The van der Waals surface area contributed by atoms with Crippen molar-refractivity contribution in [3.8, 4) is 0 Å².